The third kappa shape index (κ3) is 16.2. The molecular weight excluding hydrogens is 1410 g/mol. The quantitative estimate of drug-likeness (QED) is 0.102. The molecule has 2 aliphatic heterocycles. The summed E-state index contributed by atoms with van der Waals surface area (Å²) in [5.74, 6) is 1.55. The molecule has 0 saturated carbocycles. The molecule has 4 aromatic carbocycles. The molecule has 0 spiro atoms. The maximum Gasteiger partial charge on any atom is 2.00 e. The Balaban J connectivity index is 0.00000897. The van der Waals surface area contributed by atoms with E-state index in [1.165, 1.54) is 0 Å². The standard InChI is InChI=1S/C72H80N16S8.Zn/c1-65(2,3)89-57-58(90-66(4,5)6)74-42-26-34-33(25-41(42)73-57)49-81-50(34)86-52-37-29-45-46(78-62(94-70(16,17)18)61(77-45)93-69(13,14)15)30-38(37)54(83-52)88-56-40-32-48-47(79-63(95-71(19,20)21)64(80-48)96-72(22,23)24)31-39(40)55(84-56)87-53-36-28-44-43(27-35(36)51(82-53)85-49)75-59(91-67(7,8)9)60(76-44)92-68(10,11)12;/h25-32H,1-24H3;/q-2;+2. The van der Waals surface area contributed by atoms with Crippen molar-refractivity contribution in [2.75, 3.05) is 0 Å². The normalized spacial score (nSPS) is 13.6. The maximum absolute atomic E-state index is 5.52. The minimum atomic E-state index is -0.147. The number of thioether (sulfide) groups is 8. The van der Waals surface area contributed by atoms with Crippen molar-refractivity contribution in [2.45, 2.75) is 244 Å². The molecule has 498 valence electrons. The van der Waals surface area contributed by atoms with Crippen molar-refractivity contribution in [3.05, 3.63) is 48.5 Å². The van der Waals surface area contributed by atoms with E-state index in [-0.39, 0.29) is 57.5 Å². The predicted octanol–water partition coefficient (Wildman–Crippen LogP) is 21.0. The van der Waals surface area contributed by atoms with E-state index in [4.69, 9.17) is 79.7 Å². The van der Waals surface area contributed by atoms with E-state index in [0.717, 1.165) is 40.2 Å². The Morgan fingerprint density at radius 3 is 0.495 bits per heavy atom. The molecule has 0 N–H and O–H groups in total. The van der Waals surface area contributed by atoms with Crippen molar-refractivity contribution in [3.8, 4) is 45.6 Å². The second kappa shape index (κ2) is 25.2. The van der Waals surface area contributed by atoms with E-state index in [2.05, 4.69) is 166 Å². The summed E-state index contributed by atoms with van der Waals surface area (Å²) in [5.41, 5.74) is 9.99. The van der Waals surface area contributed by atoms with Crippen molar-refractivity contribution in [3.63, 3.8) is 0 Å². The molecule has 25 heteroatoms. The summed E-state index contributed by atoms with van der Waals surface area (Å²) in [6, 6.07) is 16.4. The maximum atomic E-state index is 5.52. The summed E-state index contributed by atoms with van der Waals surface area (Å²) >= 11 is 13.7. The monoisotopic (exact) mass is 1490 g/mol. The van der Waals surface area contributed by atoms with Gasteiger partial charge < -0.3 is 29.9 Å². The average Bonchev–Trinajstić information content (AvgIpc) is 1.65. The number of hydrogen-bond acceptors (Lipinski definition) is 22. The zero-order valence-corrected chi connectivity index (χ0v) is 69.2. The van der Waals surface area contributed by atoms with Crippen LogP contribution in [0.5, 0.6) is 0 Å². The first kappa shape index (κ1) is 71.8. The number of rotatable bonds is 8. The minimum Gasteiger partial charge on any atom is -0.357 e. The summed E-state index contributed by atoms with van der Waals surface area (Å²) in [6.07, 6.45) is 0. The molecular formula is C72H80N16S8Zn. The summed E-state index contributed by atoms with van der Waals surface area (Å²) in [5, 5.41) is 9.71. The molecule has 16 nitrogen and oxygen atoms in total. The molecule has 8 bridgehead atoms. The molecule has 0 saturated heterocycles. The second-order valence-corrected chi connectivity index (χ2v) is 46.6. The van der Waals surface area contributed by atoms with Gasteiger partial charge in [0.2, 0.25) is 0 Å². The zero-order chi connectivity index (χ0) is 69.1. The number of hydrogen-bond donors (Lipinski definition) is 0. The van der Waals surface area contributed by atoms with E-state index in [9.17, 15) is 0 Å². The van der Waals surface area contributed by atoms with Crippen LogP contribution in [0.15, 0.2) is 88.7 Å². The van der Waals surface area contributed by atoms with Crippen molar-refractivity contribution in [2.24, 2.45) is 0 Å². The van der Waals surface area contributed by atoms with Gasteiger partial charge in [0.05, 0.1) is 67.4 Å². The first-order valence-corrected chi connectivity index (χ1v) is 38.6. The summed E-state index contributed by atoms with van der Waals surface area (Å²) < 4.78 is -1.17. The van der Waals surface area contributed by atoms with Gasteiger partial charge in [-0.15, -0.1) is 0 Å². The SMILES string of the molecule is CC(C)(C)Sc1nc2cc3c(cc2nc1SC(C)(C)C)-c1nc-3nc2[n-]c(nc3nc(nc4[n-]c(n1)c1cc5nc(SC(C)(C)C)c(SC(C)(C)C)nc5cc41)-c1cc4nc(SC(C)(C)C)c(SC(C)(C)C)nc4cc1-3)c1cc3nc(SC(C)(C)C)c(SC(C)(C)C)nc3cc21.[Zn+2]. The first-order chi connectivity index (χ1) is 44.4. The van der Waals surface area contributed by atoms with Gasteiger partial charge >= 0.3 is 19.5 Å². The third-order valence-electron chi connectivity index (χ3n) is 13.8. The fraction of sp³-hybridized carbons (Fsp3) is 0.444. The van der Waals surface area contributed by atoms with Gasteiger partial charge in [-0.2, -0.15) is 0 Å². The number of fused-ring (bicyclic) bond motifs is 24. The number of nitrogens with zero attached hydrogens (tertiary/aromatic N) is 16. The summed E-state index contributed by atoms with van der Waals surface area (Å²) in [7, 11) is 0. The van der Waals surface area contributed by atoms with Crippen molar-refractivity contribution in [1.29, 1.82) is 0 Å². The Labute approximate surface area is 614 Å². The van der Waals surface area contributed by atoms with E-state index in [1.54, 1.807) is 94.1 Å². The molecule has 13 rings (SSSR count). The van der Waals surface area contributed by atoms with E-state index in [1.807, 2.05) is 48.5 Å². The van der Waals surface area contributed by atoms with Crippen LogP contribution in [0.2, 0.25) is 0 Å². The van der Waals surface area contributed by atoms with E-state index >= 15 is 0 Å². The fourth-order valence-corrected chi connectivity index (χ4v) is 18.4. The van der Waals surface area contributed by atoms with Gasteiger partial charge in [-0.3, -0.25) is 0 Å². The summed E-state index contributed by atoms with van der Waals surface area (Å²) in [4.78, 5) is 87.1. The van der Waals surface area contributed by atoms with Crippen LogP contribution in [-0.2, 0) is 19.5 Å². The van der Waals surface area contributed by atoms with Gasteiger partial charge in [0.1, 0.15) is 40.2 Å². The molecule has 11 aromatic rings. The molecule has 97 heavy (non-hydrogen) atoms. The first-order valence-electron chi connectivity index (χ1n) is 32.0. The van der Waals surface area contributed by atoms with Crippen LogP contribution in [0, 0.1) is 0 Å². The number of aromatic nitrogens is 16. The predicted molar refractivity (Wildman–Crippen MR) is 411 cm³/mol. The molecule has 9 heterocycles. The van der Waals surface area contributed by atoms with Crippen molar-refractivity contribution < 1.29 is 19.5 Å². The molecule has 0 fully saturated rings. The topological polar surface area (TPSA) is 209 Å². The van der Waals surface area contributed by atoms with Gasteiger partial charge in [0, 0.05) is 82.8 Å². The molecule has 2 aliphatic rings. The second-order valence-electron chi connectivity index (χ2n) is 32.1. The Bertz CT molecular complexity index is 4610. The molecule has 0 radical (unpaired) electrons. The van der Waals surface area contributed by atoms with Gasteiger partial charge in [0.25, 0.3) is 0 Å². The van der Waals surface area contributed by atoms with Crippen LogP contribution in [0.3, 0.4) is 0 Å². The Morgan fingerprint density at radius 2 is 0.351 bits per heavy atom. The molecule has 0 atom stereocenters. The molecule has 7 aromatic heterocycles. The van der Waals surface area contributed by atoms with Crippen LogP contribution >= 0.6 is 94.1 Å². The molecule has 0 amide bonds. The Morgan fingerprint density at radius 1 is 0.206 bits per heavy atom. The van der Waals surface area contributed by atoms with Crippen LogP contribution in [0.4, 0.5) is 0 Å². The van der Waals surface area contributed by atoms with Crippen molar-refractivity contribution >= 4 is 182 Å². The molecule has 0 unspecified atom stereocenters. The number of benzene rings is 4. The smallest absolute Gasteiger partial charge is 0.357 e. The van der Waals surface area contributed by atoms with Gasteiger partial charge in [0.15, 0.2) is 0 Å². The van der Waals surface area contributed by atoms with Crippen LogP contribution in [0.25, 0.3) is 134 Å². The van der Waals surface area contributed by atoms with Gasteiger partial charge in [-0.25, -0.2) is 49.8 Å². The zero-order valence-electron chi connectivity index (χ0n) is 59.7. The Hall–Kier alpha value is -4.98. The average molecular weight is 1490 g/mol. The van der Waals surface area contributed by atoms with Crippen LogP contribution in [-0.4, -0.2) is 108 Å². The van der Waals surface area contributed by atoms with Crippen LogP contribution < -0.4 is 9.97 Å². The van der Waals surface area contributed by atoms with Crippen molar-refractivity contribution in [1.82, 2.24) is 79.7 Å². The van der Waals surface area contributed by atoms with Gasteiger partial charge in [-0.1, -0.05) is 260 Å². The summed E-state index contributed by atoms with van der Waals surface area (Å²) in [6.45, 7) is 52.8. The van der Waals surface area contributed by atoms with Crippen LogP contribution in [0.1, 0.15) is 166 Å². The van der Waals surface area contributed by atoms with Gasteiger partial charge in [-0.05, 0) is 70.1 Å². The van der Waals surface area contributed by atoms with E-state index in [0.29, 0.717) is 134 Å². The Kier molecular flexibility index (Phi) is 18.7. The fourth-order valence-electron chi connectivity index (χ4n) is 10.6. The molecule has 0 aliphatic carbocycles. The van der Waals surface area contributed by atoms with E-state index < -0.39 is 0 Å². The minimum absolute atomic E-state index is 0. The largest absolute Gasteiger partial charge is 2.00 e. The third-order valence-corrected chi connectivity index (χ3v) is 23.1.